The van der Waals surface area contributed by atoms with Gasteiger partial charge < -0.3 is 9.64 Å². The molecule has 1 aromatic carbocycles. The summed E-state index contributed by atoms with van der Waals surface area (Å²) in [5.74, 6) is -1.36. The number of nitrogens with zero attached hydrogens (tertiary/aromatic N) is 1. The summed E-state index contributed by atoms with van der Waals surface area (Å²) in [5.41, 5.74) is 0. The van der Waals surface area contributed by atoms with Crippen LogP contribution in [0.25, 0.3) is 0 Å². The molecule has 0 radical (unpaired) electrons. The number of benzene rings is 1. The number of carbonyl (C=O) groups excluding carboxylic acids is 1. The van der Waals surface area contributed by atoms with Gasteiger partial charge in [-0.2, -0.15) is 0 Å². The maximum absolute atomic E-state index is 13.6. The molecule has 1 unspecified atom stereocenters. The molecule has 110 valence electrons. The summed E-state index contributed by atoms with van der Waals surface area (Å²) in [7, 11) is -4.03. The molecule has 7 heteroatoms. The third kappa shape index (κ3) is 2.83. The fourth-order valence-corrected chi connectivity index (χ4v) is 3.44. The third-order valence-corrected chi connectivity index (χ3v) is 5.36. The van der Waals surface area contributed by atoms with Gasteiger partial charge in [0.25, 0.3) is 0 Å². The Kier molecular flexibility index (Phi) is 4.39. The maximum Gasteiger partial charge on any atom is 0.241 e. The summed E-state index contributed by atoms with van der Waals surface area (Å²) in [6, 6.07) is 5.08. The monoisotopic (exact) mass is 301 g/mol. The zero-order chi connectivity index (χ0) is 14.8. The van der Waals surface area contributed by atoms with Gasteiger partial charge in [-0.1, -0.05) is 12.1 Å². The predicted octanol–water partition coefficient (Wildman–Crippen LogP) is 0.847. The molecule has 1 atom stereocenters. The number of hydrogen-bond acceptors (Lipinski definition) is 4. The average Bonchev–Trinajstić information content (AvgIpc) is 2.47. The Labute approximate surface area is 117 Å². The molecule has 2 rings (SSSR count). The summed E-state index contributed by atoms with van der Waals surface area (Å²) in [4.78, 5) is 13.2. The number of carbonyl (C=O) groups is 1. The van der Waals surface area contributed by atoms with E-state index in [1.165, 1.54) is 30.0 Å². The topological polar surface area (TPSA) is 63.7 Å². The van der Waals surface area contributed by atoms with Gasteiger partial charge in [-0.05, 0) is 19.1 Å². The number of ether oxygens (including phenoxy) is 1. The van der Waals surface area contributed by atoms with Gasteiger partial charge in [-0.15, -0.1) is 0 Å². The molecule has 1 aliphatic rings. The minimum atomic E-state index is -4.03. The average molecular weight is 301 g/mol. The molecule has 1 saturated heterocycles. The summed E-state index contributed by atoms with van der Waals surface area (Å²) >= 11 is 0. The number of halogens is 1. The van der Waals surface area contributed by atoms with Crippen molar-refractivity contribution < 1.29 is 22.3 Å². The van der Waals surface area contributed by atoms with E-state index in [9.17, 15) is 17.6 Å². The van der Waals surface area contributed by atoms with E-state index < -0.39 is 31.7 Å². The van der Waals surface area contributed by atoms with Crippen LogP contribution in [0.4, 0.5) is 4.39 Å². The molecular weight excluding hydrogens is 285 g/mol. The van der Waals surface area contributed by atoms with Crippen LogP contribution in [0.3, 0.4) is 0 Å². The van der Waals surface area contributed by atoms with Gasteiger partial charge in [0, 0.05) is 13.1 Å². The van der Waals surface area contributed by atoms with Gasteiger partial charge in [0.15, 0.2) is 9.84 Å². The quantitative estimate of drug-likeness (QED) is 0.830. The van der Waals surface area contributed by atoms with Gasteiger partial charge in [-0.25, -0.2) is 12.8 Å². The first kappa shape index (κ1) is 14.9. The van der Waals surface area contributed by atoms with Crippen molar-refractivity contribution >= 4 is 15.7 Å². The van der Waals surface area contributed by atoms with Gasteiger partial charge in [0.05, 0.1) is 13.2 Å². The van der Waals surface area contributed by atoms with Gasteiger partial charge in [0.1, 0.15) is 16.0 Å². The Morgan fingerprint density at radius 1 is 1.30 bits per heavy atom. The lowest BCUT2D eigenvalue weighted by atomic mass is 10.3. The lowest BCUT2D eigenvalue weighted by molar-refractivity contribution is -0.134. The van der Waals surface area contributed by atoms with Crippen LogP contribution in [0, 0.1) is 5.82 Å². The molecule has 1 amide bonds. The zero-order valence-electron chi connectivity index (χ0n) is 11.1. The highest BCUT2D eigenvalue weighted by Gasteiger charge is 2.35. The van der Waals surface area contributed by atoms with Crippen molar-refractivity contribution in [2.24, 2.45) is 0 Å². The Morgan fingerprint density at radius 2 is 1.90 bits per heavy atom. The number of hydrogen-bond donors (Lipinski definition) is 0. The molecule has 5 nitrogen and oxygen atoms in total. The van der Waals surface area contributed by atoms with E-state index in [0.29, 0.717) is 26.3 Å². The Bertz CT molecular complexity index is 596. The van der Waals surface area contributed by atoms with Crippen molar-refractivity contribution in [3.63, 3.8) is 0 Å². The van der Waals surface area contributed by atoms with E-state index in [4.69, 9.17) is 4.74 Å². The van der Waals surface area contributed by atoms with Crippen LogP contribution in [0.5, 0.6) is 0 Å². The van der Waals surface area contributed by atoms with Crippen molar-refractivity contribution in [2.45, 2.75) is 17.1 Å². The highest BCUT2D eigenvalue weighted by atomic mass is 32.2. The molecule has 0 aromatic heterocycles. The summed E-state index contributed by atoms with van der Waals surface area (Å²) in [5, 5.41) is -1.31. The van der Waals surface area contributed by atoms with Crippen LogP contribution < -0.4 is 0 Å². The summed E-state index contributed by atoms with van der Waals surface area (Å²) in [6.07, 6.45) is 0. The van der Waals surface area contributed by atoms with Crippen molar-refractivity contribution in [2.75, 3.05) is 26.3 Å². The third-order valence-electron chi connectivity index (χ3n) is 3.28. The minimum absolute atomic E-state index is 0.357. The normalized spacial score (nSPS) is 17.8. The Balaban J connectivity index is 2.25. The molecular formula is C13H16FNO4S. The lowest BCUT2D eigenvalue weighted by Crippen LogP contribution is -2.47. The molecule has 1 aromatic rings. The number of rotatable bonds is 3. The van der Waals surface area contributed by atoms with Gasteiger partial charge >= 0.3 is 0 Å². The summed E-state index contributed by atoms with van der Waals surface area (Å²) < 4.78 is 43.4. The van der Waals surface area contributed by atoms with Crippen molar-refractivity contribution in [3.8, 4) is 0 Å². The standard InChI is InChI=1S/C13H16FNO4S/c1-10(13(16)15-6-8-19-9-7-15)20(17,18)12-5-3-2-4-11(12)14/h2-5,10H,6-9H2,1H3. The largest absolute Gasteiger partial charge is 0.378 e. The molecule has 0 N–H and O–H groups in total. The van der Waals surface area contributed by atoms with Crippen LogP contribution in [-0.2, 0) is 19.4 Å². The van der Waals surface area contributed by atoms with E-state index in [0.717, 1.165) is 6.07 Å². The predicted molar refractivity (Wildman–Crippen MR) is 70.4 cm³/mol. The second kappa shape index (κ2) is 5.88. The van der Waals surface area contributed by atoms with Crippen LogP contribution in [0.1, 0.15) is 6.92 Å². The fourth-order valence-electron chi connectivity index (χ4n) is 2.04. The highest BCUT2D eigenvalue weighted by molar-refractivity contribution is 7.92. The van der Waals surface area contributed by atoms with Crippen molar-refractivity contribution in [1.82, 2.24) is 4.90 Å². The molecule has 1 fully saturated rings. The smallest absolute Gasteiger partial charge is 0.241 e. The van der Waals surface area contributed by atoms with Gasteiger partial charge in [0.2, 0.25) is 5.91 Å². The Hall–Kier alpha value is -1.47. The first-order valence-electron chi connectivity index (χ1n) is 6.29. The minimum Gasteiger partial charge on any atom is -0.378 e. The van der Waals surface area contributed by atoms with Crippen LogP contribution >= 0.6 is 0 Å². The van der Waals surface area contributed by atoms with Gasteiger partial charge in [-0.3, -0.25) is 4.79 Å². The van der Waals surface area contributed by atoms with E-state index in [2.05, 4.69) is 0 Å². The second-order valence-corrected chi connectivity index (χ2v) is 6.79. The number of sulfone groups is 1. The Morgan fingerprint density at radius 3 is 2.50 bits per heavy atom. The van der Waals surface area contributed by atoms with E-state index in [-0.39, 0.29) is 0 Å². The molecule has 0 bridgehead atoms. The van der Waals surface area contributed by atoms with Crippen molar-refractivity contribution in [1.29, 1.82) is 0 Å². The maximum atomic E-state index is 13.6. The van der Waals surface area contributed by atoms with Crippen LogP contribution in [0.2, 0.25) is 0 Å². The summed E-state index contributed by atoms with van der Waals surface area (Å²) in [6.45, 7) is 2.78. The van der Waals surface area contributed by atoms with Crippen LogP contribution in [0.15, 0.2) is 29.2 Å². The van der Waals surface area contributed by atoms with Crippen LogP contribution in [-0.4, -0.2) is 50.8 Å². The van der Waals surface area contributed by atoms with E-state index >= 15 is 0 Å². The second-order valence-electron chi connectivity index (χ2n) is 4.56. The van der Waals surface area contributed by atoms with Crippen molar-refractivity contribution in [3.05, 3.63) is 30.1 Å². The molecule has 1 aliphatic heterocycles. The lowest BCUT2D eigenvalue weighted by Gasteiger charge is -2.29. The fraction of sp³-hybridized carbons (Fsp3) is 0.462. The first-order valence-corrected chi connectivity index (χ1v) is 7.84. The first-order chi connectivity index (χ1) is 9.44. The molecule has 0 spiro atoms. The SMILES string of the molecule is CC(C(=O)N1CCOCC1)S(=O)(=O)c1ccccc1F. The number of morpholine rings is 1. The highest BCUT2D eigenvalue weighted by Crippen LogP contribution is 2.20. The molecule has 1 heterocycles. The van der Waals surface area contributed by atoms with E-state index in [1.54, 1.807) is 0 Å². The van der Waals surface area contributed by atoms with E-state index in [1.807, 2.05) is 0 Å². The zero-order valence-corrected chi connectivity index (χ0v) is 11.9. The molecule has 0 saturated carbocycles. The number of amides is 1. The molecule has 0 aliphatic carbocycles. The molecule has 20 heavy (non-hydrogen) atoms.